The molecule has 0 aromatic carbocycles. The zero-order valence-corrected chi connectivity index (χ0v) is 29.3. The Morgan fingerprint density at radius 3 is 2.43 bits per heavy atom. The predicted molar refractivity (Wildman–Crippen MR) is 178 cm³/mol. The molecule has 0 unspecified atom stereocenters. The molecule has 1 amide bonds. The fourth-order valence-corrected chi connectivity index (χ4v) is 9.91. The van der Waals surface area contributed by atoms with Crippen LogP contribution in [0, 0.1) is 10.1 Å². The van der Waals surface area contributed by atoms with Crippen LogP contribution in [0.3, 0.4) is 0 Å². The number of thioether (sulfide) groups is 1. The summed E-state index contributed by atoms with van der Waals surface area (Å²) in [4.78, 5) is 31.0. The molecule has 1 aliphatic rings. The zero-order valence-electron chi connectivity index (χ0n) is 25.2. The van der Waals surface area contributed by atoms with E-state index in [1.165, 1.54) is 29.8 Å². The van der Waals surface area contributed by atoms with Crippen LogP contribution in [0.15, 0.2) is 28.6 Å². The molecule has 2 heterocycles. The molecule has 2 rings (SSSR count). The molecule has 1 aromatic heterocycles. The van der Waals surface area contributed by atoms with E-state index in [-0.39, 0.29) is 10.7 Å². The van der Waals surface area contributed by atoms with Gasteiger partial charge in [0.25, 0.3) is 5.96 Å². The standard InChI is InChI=1S/C9H10ClN5O2.C8H19O2PS2.C7H14N2O2S/c10-8-2-1-7(5-12-8)6-14-4-3-11-9(14)13-15(16)17;1-4-7-12-11(9,10-6-3)13-8-5-2;1-7(2,12-4)5-9-11-6(10)8-3/h1-2,5H,3-4,6H2,(H,11,13);4-8H2,1-3H3;5H,1-4H3,(H,8,10)/b;;9-5+. The Labute approximate surface area is 266 Å². The van der Waals surface area contributed by atoms with Gasteiger partial charge in [0, 0.05) is 49.1 Å². The van der Waals surface area contributed by atoms with Crippen LogP contribution < -0.4 is 10.6 Å². The smallest absolute Gasteiger partial charge is 0.349 e. The highest BCUT2D eigenvalue weighted by Crippen LogP contribution is 2.69. The van der Waals surface area contributed by atoms with Gasteiger partial charge in [0.1, 0.15) is 10.3 Å². The summed E-state index contributed by atoms with van der Waals surface area (Å²) >= 11 is 10.3. The lowest BCUT2D eigenvalue weighted by Crippen LogP contribution is -2.30. The van der Waals surface area contributed by atoms with E-state index in [2.05, 4.69) is 44.6 Å². The van der Waals surface area contributed by atoms with Crippen LogP contribution in [0.1, 0.15) is 53.0 Å². The van der Waals surface area contributed by atoms with Crippen LogP contribution in [0.5, 0.6) is 0 Å². The number of oxime groups is 1. The quantitative estimate of drug-likeness (QED) is 0.0541. The molecule has 2 N–H and O–H groups in total. The van der Waals surface area contributed by atoms with E-state index in [0.717, 1.165) is 29.9 Å². The van der Waals surface area contributed by atoms with Crippen molar-refractivity contribution in [1.82, 2.24) is 20.5 Å². The Hall–Kier alpha value is -1.71. The third-order valence-corrected chi connectivity index (χ3v) is 14.0. The summed E-state index contributed by atoms with van der Waals surface area (Å²) in [5.74, 6) is -0.287. The van der Waals surface area contributed by atoms with Crippen molar-refractivity contribution < 1.29 is 23.8 Å². The number of amides is 1. The average molecular weight is 688 g/mol. The molecule has 0 bridgehead atoms. The van der Waals surface area contributed by atoms with Crippen LogP contribution in [0.25, 0.3) is 0 Å². The highest BCUT2D eigenvalue weighted by molar-refractivity contribution is 8.89. The lowest BCUT2D eigenvalue weighted by atomic mass is 10.2. The minimum absolute atomic E-state index is 0.103. The monoisotopic (exact) mass is 687 g/mol. The summed E-state index contributed by atoms with van der Waals surface area (Å²) in [6.07, 6.45) is 6.75. The lowest BCUT2D eigenvalue weighted by Gasteiger charge is -2.14. The number of nitrogens with one attached hydrogen (secondary N) is 2. The molecule has 1 saturated heterocycles. The van der Waals surface area contributed by atoms with Crippen molar-refractivity contribution in [3.8, 4) is 0 Å². The van der Waals surface area contributed by atoms with Crippen molar-refractivity contribution in [2.45, 2.75) is 58.8 Å². The average Bonchev–Trinajstić information content (AvgIpc) is 3.38. The Morgan fingerprint density at radius 2 is 1.95 bits per heavy atom. The number of carbonyl (C=O) groups is 1. The molecule has 240 valence electrons. The van der Waals surface area contributed by atoms with Crippen LogP contribution in [-0.2, 0) is 20.5 Å². The first-order chi connectivity index (χ1) is 19.8. The third kappa shape index (κ3) is 19.5. The normalized spacial score (nSPS) is 14.0. The molecule has 1 aromatic rings. The van der Waals surface area contributed by atoms with E-state index in [4.69, 9.17) is 16.1 Å². The van der Waals surface area contributed by atoms with E-state index < -0.39 is 16.9 Å². The SMILES string of the molecule is CCCSP(=O)(OCC)SCCC.CNC(=O)O/N=C/C(C)(C)SC.O=[N+]([O-])/N=C1\NCCN1Cc1ccc(Cl)nc1. The molecule has 1 aliphatic heterocycles. The third-order valence-electron chi connectivity index (χ3n) is 4.73. The molecule has 0 saturated carbocycles. The number of nitro groups is 1. The number of guanidine groups is 1. The number of halogens is 1. The highest BCUT2D eigenvalue weighted by Gasteiger charge is 2.23. The van der Waals surface area contributed by atoms with Crippen molar-refractivity contribution in [3.05, 3.63) is 39.2 Å². The van der Waals surface area contributed by atoms with Crippen molar-refractivity contribution in [2.75, 3.05) is 44.5 Å². The molecular weight excluding hydrogens is 645 g/mol. The number of hydrazone groups is 1. The molecule has 42 heavy (non-hydrogen) atoms. The van der Waals surface area contributed by atoms with Gasteiger partial charge in [-0.25, -0.2) is 19.9 Å². The first-order valence-corrected chi connectivity index (χ1v) is 19.6. The van der Waals surface area contributed by atoms with Gasteiger partial charge < -0.3 is 20.1 Å². The fraction of sp³-hybridized carbons (Fsp3) is 0.667. The van der Waals surface area contributed by atoms with Crippen molar-refractivity contribution in [3.63, 3.8) is 0 Å². The topological polar surface area (TPSA) is 161 Å². The minimum atomic E-state index is -2.42. The molecule has 18 heteroatoms. The van der Waals surface area contributed by atoms with Gasteiger partial charge in [-0.3, -0.25) is 9.40 Å². The van der Waals surface area contributed by atoms with Crippen molar-refractivity contribution in [2.24, 2.45) is 10.3 Å². The number of hydrogen-bond donors (Lipinski definition) is 2. The fourth-order valence-electron chi connectivity index (χ4n) is 2.55. The number of pyridine rings is 1. The molecule has 13 nitrogen and oxygen atoms in total. The summed E-state index contributed by atoms with van der Waals surface area (Å²) in [5, 5.41) is 22.0. The van der Waals surface area contributed by atoms with E-state index in [1.807, 2.05) is 33.1 Å². The van der Waals surface area contributed by atoms with Gasteiger partial charge in [-0.05, 0) is 51.5 Å². The maximum absolute atomic E-state index is 12.0. The van der Waals surface area contributed by atoms with E-state index >= 15 is 0 Å². The van der Waals surface area contributed by atoms with Gasteiger partial charge in [-0.2, -0.15) is 11.8 Å². The highest BCUT2D eigenvalue weighted by atomic mass is 35.5. The minimum Gasteiger partial charge on any atom is -0.349 e. The maximum atomic E-state index is 12.0. The van der Waals surface area contributed by atoms with Crippen molar-refractivity contribution >= 4 is 70.2 Å². The van der Waals surface area contributed by atoms with Crippen LogP contribution in [-0.4, -0.2) is 82.4 Å². The molecule has 0 aliphatic carbocycles. The largest absolute Gasteiger partial charge is 0.433 e. The Bertz CT molecular complexity index is 1030. The van der Waals surface area contributed by atoms with E-state index in [9.17, 15) is 19.5 Å². The first kappa shape index (κ1) is 40.3. The second-order valence-corrected chi connectivity index (χ2v) is 18.2. The van der Waals surface area contributed by atoms with Gasteiger partial charge >= 0.3 is 11.9 Å². The number of rotatable bonds is 14. The number of nitrogens with zero attached hydrogens (tertiary/aromatic N) is 5. The second-order valence-electron chi connectivity index (χ2n) is 8.70. The number of aromatic nitrogens is 1. The van der Waals surface area contributed by atoms with E-state index in [0.29, 0.717) is 31.4 Å². The summed E-state index contributed by atoms with van der Waals surface area (Å²) in [5.41, 5.74) is 0.925. The van der Waals surface area contributed by atoms with Gasteiger partial charge in [-0.1, -0.05) is 59.4 Å². The van der Waals surface area contributed by atoms with Gasteiger partial charge in [-0.15, -0.1) is 0 Å². The molecule has 1 fully saturated rings. The lowest BCUT2D eigenvalue weighted by molar-refractivity contribution is -0.485. The first-order valence-electron chi connectivity index (χ1n) is 13.2. The van der Waals surface area contributed by atoms with Gasteiger partial charge in [0.05, 0.1) is 12.8 Å². The van der Waals surface area contributed by atoms with E-state index in [1.54, 1.807) is 35.1 Å². The Morgan fingerprint density at radius 1 is 1.31 bits per heavy atom. The summed E-state index contributed by atoms with van der Waals surface area (Å²) < 4.78 is 17.2. The van der Waals surface area contributed by atoms with Crippen molar-refractivity contribution in [1.29, 1.82) is 0 Å². The number of carbonyl (C=O) groups excluding carboxylic acids is 1. The molecule has 0 atom stereocenters. The van der Waals surface area contributed by atoms with Crippen LogP contribution >= 0.6 is 51.9 Å². The van der Waals surface area contributed by atoms with Gasteiger partial charge in [0.2, 0.25) is 0 Å². The molecule has 0 spiro atoms. The predicted octanol–water partition coefficient (Wildman–Crippen LogP) is 6.58. The van der Waals surface area contributed by atoms with Gasteiger partial charge in [0.15, 0.2) is 5.03 Å². The summed E-state index contributed by atoms with van der Waals surface area (Å²) in [6, 6.07) is 3.52. The van der Waals surface area contributed by atoms with Crippen LogP contribution in [0.4, 0.5) is 4.79 Å². The maximum Gasteiger partial charge on any atom is 0.433 e. The summed E-state index contributed by atoms with van der Waals surface area (Å²) in [7, 11) is 1.48. The Kier molecular flexibility index (Phi) is 21.8. The zero-order chi connectivity index (χ0) is 32.0. The molecular formula is C24H43ClN7O6PS3. The Balaban J connectivity index is 0.000000615. The summed E-state index contributed by atoms with van der Waals surface area (Å²) in [6.45, 7) is 12.4. The second kappa shape index (κ2) is 22.8. The molecule has 0 radical (unpaired) electrons. The van der Waals surface area contributed by atoms with Crippen LogP contribution in [0.2, 0.25) is 5.15 Å². The number of hydrogen-bond acceptors (Lipinski definition) is 11.